The smallest absolute Gasteiger partial charge is 0.315 e. The van der Waals surface area contributed by atoms with Crippen LogP contribution in [0.5, 0.6) is 0 Å². The van der Waals surface area contributed by atoms with Crippen molar-refractivity contribution in [3.05, 3.63) is 29.8 Å². The van der Waals surface area contributed by atoms with Gasteiger partial charge < -0.3 is 20.6 Å². The summed E-state index contributed by atoms with van der Waals surface area (Å²) >= 11 is 0. The highest BCUT2D eigenvalue weighted by Crippen LogP contribution is 2.23. The molecule has 23 heavy (non-hydrogen) atoms. The molecule has 0 aliphatic heterocycles. The topological polar surface area (TPSA) is 64.6 Å². The average Bonchev–Trinajstić information content (AvgIpc) is 2.78. The maximum Gasteiger partial charge on any atom is 0.315 e. The summed E-state index contributed by atoms with van der Waals surface area (Å²) in [5.74, 6) is 0.183. The van der Waals surface area contributed by atoms with Crippen LogP contribution < -0.4 is 15.5 Å². The molecule has 1 aliphatic carbocycles. The van der Waals surface area contributed by atoms with E-state index >= 15 is 0 Å². The van der Waals surface area contributed by atoms with Crippen molar-refractivity contribution in [2.75, 3.05) is 25.6 Å². The molecule has 2 rings (SSSR count). The van der Waals surface area contributed by atoms with Crippen LogP contribution in [0.1, 0.15) is 37.7 Å². The van der Waals surface area contributed by atoms with E-state index in [-0.39, 0.29) is 24.6 Å². The molecule has 5 heteroatoms. The molecule has 0 heterocycles. The number of carbonyl (C=O) groups excluding carboxylic acids is 1. The van der Waals surface area contributed by atoms with Gasteiger partial charge in [0.05, 0.1) is 0 Å². The van der Waals surface area contributed by atoms with Crippen molar-refractivity contribution in [3.8, 4) is 0 Å². The molecule has 0 saturated heterocycles. The molecule has 1 fully saturated rings. The van der Waals surface area contributed by atoms with Crippen LogP contribution in [0.15, 0.2) is 24.3 Å². The summed E-state index contributed by atoms with van der Waals surface area (Å²) in [6.07, 6.45) is 5.40. The fraction of sp³-hybridized carbons (Fsp3) is 0.611. The van der Waals surface area contributed by atoms with Crippen LogP contribution >= 0.6 is 0 Å². The highest BCUT2D eigenvalue weighted by molar-refractivity contribution is 5.74. The van der Waals surface area contributed by atoms with Crippen molar-refractivity contribution in [1.82, 2.24) is 10.6 Å². The molecule has 1 saturated carbocycles. The molecule has 1 aromatic carbocycles. The fourth-order valence-electron chi connectivity index (χ4n) is 3.11. The lowest BCUT2D eigenvalue weighted by Gasteiger charge is -2.24. The highest BCUT2D eigenvalue weighted by atomic mass is 16.3. The molecule has 2 unspecified atom stereocenters. The van der Waals surface area contributed by atoms with Crippen LogP contribution in [0.2, 0.25) is 0 Å². The molecule has 5 nitrogen and oxygen atoms in total. The number of anilines is 1. The number of amides is 2. The number of hydrogen-bond acceptors (Lipinski definition) is 3. The first-order chi connectivity index (χ1) is 11.1. The predicted octanol–water partition coefficient (Wildman–Crippen LogP) is 2.49. The van der Waals surface area contributed by atoms with Gasteiger partial charge in [-0.05, 0) is 30.5 Å². The first kappa shape index (κ1) is 17.6. The van der Waals surface area contributed by atoms with Gasteiger partial charge in [-0.1, -0.05) is 31.4 Å². The number of nitrogens with zero attached hydrogens (tertiary/aromatic N) is 1. The maximum atomic E-state index is 12.1. The quantitative estimate of drug-likeness (QED) is 0.731. The van der Waals surface area contributed by atoms with Gasteiger partial charge in [-0.3, -0.25) is 0 Å². The maximum absolute atomic E-state index is 12.1. The van der Waals surface area contributed by atoms with E-state index in [0.717, 1.165) is 36.9 Å². The van der Waals surface area contributed by atoms with E-state index in [2.05, 4.69) is 10.6 Å². The zero-order valence-corrected chi connectivity index (χ0v) is 14.2. The summed E-state index contributed by atoms with van der Waals surface area (Å²) < 4.78 is 0. The number of benzene rings is 1. The Bertz CT molecular complexity index is 488. The van der Waals surface area contributed by atoms with Crippen LogP contribution in [0, 0.1) is 5.92 Å². The van der Waals surface area contributed by atoms with Crippen molar-refractivity contribution in [1.29, 1.82) is 0 Å². The second kappa shape index (κ2) is 8.77. The molecule has 0 aromatic heterocycles. The summed E-state index contributed by atoms with van der Waals surface area (Å²) in [5, 5.41) is 15.5. The average molecular weight is 319 g/mol. The molecule has 0 radical (unpaired) electrons. The number of rotatable bonds is 5. The van der Waals surface area contributed by atoms with Gasteiger partial charge in [-0.15, -0.1) is 0 Å². The molecule has 0 bridgehead atoms. The van der Waals surface area contributed by atoms with E-state index in [1.807, 2.05) is 43.3 Å². The molecule has 2 atom stereocenters. The lowest BCUT2D eigenvalue weighted by molar-refractivity contribution is 0.179. The van der Waals surface area contributed by atoms with Gasteiger partial charge in [0.1, 0.15) is 0 Å². The highest BCUT2D eigenvalue weighted by Gasteiger charge is 2.24. The largest absolute Gasteiger partial charge is 0.396 e. The third-order valence-electron chi connectivity index (χ3n) is 4.62. The van der Waals surface area contributed by atoms with E-state index in [1.54, 1.807) is 0 Å². The molecule has 3 N–H and O–H groups in total. The van der Waals surface area contributed by atoms with Crippen LogP contribution in [0.4, 0.5) is 10.5 Å². The van der Waals surface area contributed by atoms with Gasteiger partial charge in [0.25, 0.3) is 0 Å². The standard InChI is InChI=1S/C18H29N3O2/c1-21(2)16-10-8-14(9-11-16)12-19-18(23)20-17-7-5-3-4-6-15(17)13-22/h8-11,15,17,22H,3-7,12-13H2,1-2H3,(H2,19,20,23). The number of aliphatic hydroxyl groups excluding tert-OH is 1. The van der Waals surface area contributed by atoms with Crippen molar-refractivity contribution in [2.45, 2.75) is 44.7 Å². The number of carbonyl (C=O) groups is 1. The molecule has 0 spiro atoms. The van der Waals surface area contributed by atoms with E-state index in [9.17, 15) is 9.90 Å². The Hall–Kier alpha value is -1.75. The summed E-state index contributed by atoms with van der Waals surface area (Å²) in [6, 6.07) is 8.07. The van der Waals surface area contributed by atoms with E-state index in [0.29, 0.717) is 6.54 Å². The molecule has 128 valence electrons. The minimum Gasteiger partial charge on any atom is -0.396 e. The summed E-state index contributed by atoms with van der Waals surface area (Å²) in [6.45, 7) is 0.660. The lowest BCUT2D eigenvalue weighted by Crippen LogP contribution is -2.45. The van der Waals surface area contributed by atoms with Crippen LogP contribution in [0.25, 0.3) is 0 Å². The van der Waals surface area contributed by atoms with Gasteiger partial charge in [-0.25, -0.2) is 4.79 Å². The summed E-state index contributed by atoms with van der Waals surface area (Å²) in [7, 11) is 4.01. The van der Waals surface area contributed by atoms with Gasteiger partial charge >= 0.3 is 6.03 Å². The predicted molar refractivity (Wildman–Crippen MR) is 93.6 cm³/mol. The molecular weight excluding hydrogens is 290 g/mol. The van der Waals surface area contributed by atoms with Gasteiger partial charge in [0.15, 0.2) is 0 Å². The van der Waals surface area contributed by atoms with Crippen LogP contribution in [0.3, 0.4) is 0 Å². The number of nitrogens with one attached hydrogen (secondary N) is 2. The Morgan fingerprint density at radius 2 is 1.87 bits per heavy atom. The minimum atomic E-state index is -0.146. The minimum absolute atomic E-state index is 0.0821. The number of urea groups is 1. The second-order valence-corrected chi connectivity index (χ2v) is 6.58. The zero-order valence-electron chi connectivity index (χ0n) is 14.2. The molecule has 1 aliphatic rings. The lowest BCUT2D eigenvalue weighted by atomic mass is 9.96. The van der Waals surface area contributed by atoms with Crippen molar-refractivity contribution >= 4 is 11.7 Å². The second-order valence-electron chi connectivity index (χ2n) is 6.58. The van der Waals surface area contributed by atoms with Crippen molar-refractivity contribution < 1.29 is 9.90 Å². The number of aliphatic hydroxyl groups is 1. The molecule has 2 amide bonds. The van der Waals surface area contributed by atoms with E-state index in [1.165, 1.54) is 6.42 Å². The fourth-order valence-corrected chi connectivity index (χ4v) is 3.11. The third kappa shape index (κ3) is 5.43. The number of hydrogen-bond donors (Lipinski definition) is 3. The van der Waals surface area contributed by atoms with Gasteiger partial charge in [-0.2, -0.15) is 0 Å². The van der Waals surface area contributed by atoms with Crippen LogP contribution in [-0.2, 0) is 6.54 Å². The monoisotopic (exact) mass is 319 g/mol. The molecular formula is C18H29N3O2. The Morgan fingerprint density at radius 1 is 1.17 bits per heavy atom. The SMILES string of the molecule is CN(C)c1ccc(CNC(=O)NC2CCCCCC2CO)cc1. The Balaban J connectivity index is 1.81. The van der Waals surface area contributed by atoms with E-state index in [4.69, 9.17) is 0 Å². The van der Waals surface area contributed by atoms with Crippen molar-refractivity contribution in [3.63, 3.8) is 0 Å². The first-order valence-corrected chi connectivity index (χ1v) is 8.51. The van der Waals surface area contributed by atoms with Gasteiger partial charge in [0, 0.05) is 44.9 Å². The Kier molecular flexibility index (Phi) is 6.71. The summed E-state index contributed by atoms with van der Waals surface area (Å²) in [4.78, 5) is 14.2. The third-order valence-corrected chi connectivity index (χ3v) is 4.62. The Morgan fingerprint density at radius 3 is 2.52 bits per heavy atom. The zero-order chi connectivity index (χ0) is 16.7. The van der Waals surface area contributed by atoms with Crippen molar-refractivity contribution in [2.24, 2.45) is 5.92 Å². The summed E-state index contributed by atoms with van der Waals surface area (Å²) in [5.41, 5.74) is 2.22. The van der Waals surface area contributed by atoms with Gasteiger partial charge in [0.2, 0.25) is 0 Å². The normalized spacial score (nSPS) is 21.3. The molecule has 1 aromatic rings. The van der Waals surface area contributed by atoms with Crippen LogP contribution in [-0.4, -0.2) is 37.9 Å². The Labute approximate surface area is 139 Å². The van der Waals surface area contributed by atoms with E-state index < -0.39 is 0 Å². The first-order valence-electron chi connectivity index (χ1n) is 8.51.